The van der Waals surface area contributed by atoms with Crippen molar-refractivity contribution >= 4 is 34.2 Å². The molecule has 0 bridgehead atoms. The Bertz CT molecular complexity index is 1110. The molecule has 0 aliphatic carbocycles. The molecule has 4 rings (SSSR count). The molecule has 4 aromatic rings. The summed E-state index contributed by atoms with van der Waals surface area (Å²) < 4.78 is 22.4. The maximum atomic E-state index is 13.0. The van der Waals surface area contributed by atoms with Crippen molar-refractivity contribution in [3.05, 3.63) is 71.1 Å². The highest BCUT2D eigenvalue weighted by atomic mass is 35.5. The lowest BCUT2D eigenvalue weighted by molar-refractivity contribution is 0.101. The molecule has 9 heteroatoms. The Morgan fingerprint density at radius 1 is 1.15 bits per heavy atom. The van der Waals surface area contributed by atoms with Gasteiger partial charge in [-0.1, -0.05) is 28.9 Å². The number of aromatic nitrogens is 3. The van der Waals surface area contributed by atoms with E-state index in [-0.39, 0.29) is 11.5 Å². The minimum absolute atomic E-state index is 0.0865. The molecule has 0 saturated carbocycles. The van der Waals surface area contributed by atoms with Gasteiger partial charge < -0.3 is 4.52 Å². The lowest BCUT2D eigenvalue weighted by Gasteiger charge is -1.97. The highest BCUT2D eigenvalue weighted by Gasteiger charge is 2.17. The Hall–Kier alpha value is -3.10. The van der Waals surface area contributed by atoms with Gasteiger partial charge in [0.1, 0.15) is 5.82 Å². The molecule has 27 heavy (non-hydrogen) atoms. The van der Waals surface area contributed by atoms with Gasteiger partial charge in [-0.05, 0) is 36.4 Å². The molecule has 0 unspecified atom stereocenters. The molecule has 2 aromatic carbocycles. The molecule has 0 saturated heterocycles. The minimum atomic E-state index is -0.487. The Kier molecular flexibility index (Phi) is 4.66. The van der Waals surface area contributed by atoms with E-state index in [0.29, 0.717) is 32.9 Å². The van der Waals surface area contributed by atoms with Crippen LogP contribution in [0.5, 0.6) is 0 Å². The summed E-state index contributed by atoms with van der Waals surface area (Å²) in [5.74, 6) is -0.0519. The zero-order valence-corrected chi connectivity index (χ0v) is 15.1. The summed E-state index contributed by atoms with van der Waals surface area (Å²) in [6.07, 6.45) is 0. The topological polar surface area (TPSA) is 80.9 Å². The Labute approximate surface area is 161 Å². The van der Waals surface area contributed by atoms with Crippen LogP contribution in [0.1, 0.15) is 10.5 Å². The maximum Gasteiger partial charge on any atom is 0.279 e. The molecular weight excluding hydrogens is 391 g/mol. The fourth-order valence-corrected chi connectivity index (χ4v) is 3.14. The quantitative estimate of drug-likeness (QED) is 0.526. The third-order valence-electron chi connectivity index (χ3n) is 3.63. The van der Waals surface area contributed by atoms with E-state index in [2.05, 4.69) is 19.8 Å². The summed E-state index contributed by atoms with van der Waals surface area (Å²) in [4.78, 5) is 16.6. The van der Waals surface area contributed by atoms with Crippen LogP contribution in [0, 0.1) is 5.82 Å². The summed E-state index contributed by atoms with van der Waals surface area (Å²) in [6.45, 7) is 0. The first-order valence-corrected chi connectivity index (χ1v) is 8.88. The maximum absolute atomic E-state index is 13.0. The standard InChI is InChI=1S/C18H10ClFN4O2S/c19-13-4-2-1-3-12(13)15-9-14(23-26-15)17(25)22-18-21-16(24-27-18)10-5-7-11(20)8-6-10/h1-9H,(H,21,22,24,25). The Morgan fingerprint density at radius 2 is 1.93 bits per heavy atom. The number of halogens is 2. The molecule has 6 nitrogen and oxygen atoms in total. The molecule has 0 radical (unpaired) electrons. The SMILES string of the molecule is O=C(Nc1nc(-c2ccc(F)cc2)ns1)c1cc(-c2ccccc2Cl)on1. The molecule has 0 aliphatic rings. The van der Waals surface area contributed by atoms with Gasteiger partial charge >= 0.3 is 0 Å². The van der Waals surface area contributed by atoms with Crippen LogP contribution >= 0.6 is 23.1 Å². The van der Waals surface area contributed by atoms with Gasteiger partial charge in [0.15, 0.2) is 17.3 Å². The lowest BCUT2D eigenvalue weighted by atomic mass is 10.1. The Morgan fingerprint density at radius 3 is 2.70 bits per heavy atom. The fraction of sp³-hybridized carbons (Fsp3) is 0. The van der Waals surface area contributed by atoms with Crippen LogP contribution in [0.15, 0.2) is 59.1 Å². The number of rotatable bonds is 4. The molecule has 134 valence electrons. The van der Waals surface area contributed by atoms with Gasteiger partial charge in [-0.15, -0.1) is 0 Å². The summed E-state index contributed by atoms with van der Waals surface area (Å²) in [5, 5.41) is 7.18. The second kappa shape index (κ2) is 7.26. The smallest absolute Gasteiger partial charge is 0.279 e. The van der Waals surface area contributed by atoms with Crippen molar-refractivity contribution in [2.45, 2.75) is 0 Å². The second-order valence-electron chi connectivity index (χ2n) is 5.44. The number of carbonyl (C=O) groups is 1. The third-order valence-corrected chi connectivity index (χ3v) is 4.59. The van der Waals surface area contributed by atoms with E-state index in [1.165, 1.54) is 18.2 Å². The number of hydrogen-bond acceptors (Lipinski definition) is 6. The number of hydrogen-bond donors (Lipinski definition) is 1. The van der Waals surface area contributed by atoms with Crippen LogP contribution in [0.25, 0.3) is 22.7 Å². The molecule has 0 spiro atoms. The number of carbonyl (C=O) groups excluding carboxylic acids is 1. The summed E-state index contributed by atoms with van der Waals surface area (Å²) in [5.41, 5.74) is 1.37. The van der Waals surface area contributed by atoms with Gasteiger partial charge in [-0.3, -0.25) is 10.1 Å². The van der Waals surface area contributed by atoms with Crippen LogP contribution in [0.3, 0.4) is 0 Å². The van der Waals surface area contributed by atoms with Gasteiger partial charge in [-0.25, -0.2) is 4.39 Å². The molecule has 0 aliphatic heterocycles. The van der Waals surface area contributed by atoms with Crippen molar-refractivity contribution in [3.63, 3.8) is 0 Å². The van der Waals surface area contributed by atoms with Crippen LogP contribution in [-0.2, 0) is 0 Å². The number of benzene rings is 2. The van der Waals surface area contributed by atoms with Crippen molar-refractivity contribution in [1.29, 1.82) is 0 Å². The predicted molar refractivity (Wildman–Crippen MR) is 100 cm³/mol. The van der Waals surface area contributed by atoms with E-state index in [1.807, 2.05) is 6.07 Å². The number of nitrogens with one attached hydrogen (secondary N) is 1. The lowest BCUT2D eigenvalue weighted by Crippen LogP contribution is -2.11. The summed E-state index contributed by atoms with van der Waals surface area (Å²) in [7, 11) is 0. The zero-order valence-electron chi connectivity index (χ0n) is 13.5. The van der Waals surface area contributed by atoms with Crippen molar-refractivity contribution in [3.8, 4) is 22.7 Å². The van der Waals surface area contributed by atoms with Gasteiger partial charge in [-0.2, -0.15) is 9.36 Å². The van der Waals surface area contributed by atoms with E-state index in [1.54, 1.807) is 30.3 Å². The van der Waals surface area contributed by atoms with Gasteiger partial charge in [0.2, 0.25) is 5.13 Å². The van der Waals surface area contributed by atoms with Crippen LogP contribution in [0.2, 0.25) is 5.02 Å². The van der Waals surface area contributed by atoms with Crippen molar-refractivity contribution in [1.82, 2.24) is 14.5 Å². The number of nitrogens with zero attached hydrogens (tertiary/aromatic N) is 3. The third kappa shape index (κ3) is 3.71. The fourth-order valence-electron chi connectivity index (χ4n) is 2.32. The monoisotopic (exact) mass is 400 g/mol. The first-order chi connectivity index (χ1) is 13.1. The minimum Gasteiger partial charge on any atom is -0.355 e. The molecule has 1 amide bonds. The first-order valence-electron chi connectivity index (χ1n) is 7.73. The summed E-state index contributed by atoms with van der Waals surface area (Å²) >= 11 is 7.13. The van der Waals surface area contributed by atoms with Crippen molar-refractivity contribution in [2.75, 3.05) is 5.32 Å². The first kappa shape index (κ1) is 17.3. The highest BCUT2D eigenvalue weighted by Crippen LogP contribution is 2.28. The van der Waals surface area contributed by atoms with E-state index >= 15 is 0 Å². The molecule has 1 N–H and O–H groups in total. The van der Waals surface area contributed by atoms with E-state index in [0.717, 1.165) is 11.5 Å². The van der Waals surface area contributed by atoms with Crippen LogP contribution < -0.4 is 5.32 Å². The Balaban J connectivity index is 1.50. The average molecular weight is 401 g/mol. The van der Waals surface area contributed by atoms with Gasteiger partial charge in [0.05, 0.1) is 5.02 Å². The molecular formula is C18H10ClFN4O2S. The summed E-state index contributed by atoms with van der Waals surface area (Å²) in [6, 6.07) is 14.4. The largest absolute Gasteiger partial charge is 0.355 e. The number of anilines is 1. The van der Waals surface area contributed by atoms with Crippen molar-refractivity contribution in [2.24, 2.45) is 0 Å². The molecule has 0 fully saturated rings. The second-order valence-corrected chi connectivity index (χ2v) is 6.60. The zero-order chi connectivity index (χ0) is 18.8. The molecule has 2 heterocycles. The average Bonchev–Trinajstić information content (AvgIpc) is 3.32. The molecule has 0 atom stereocenters. The highest BCUT2D eigenvalue weighted by molar-refractivity contribution is 7.10. The van der Waals surface area contributed by atoms with Gasteiger partial charge in [0, 0.05) is 28.7 Å². The van der Waals surface area contributed by atoms with Crippen molar-refractivity contribution < 1.29 is 13.7 Å². The van der Waals surface area contributed by atoms with E-state index < -0.39 is 5.91 Å². The van der Waals surface area contributed by atoms with Crippen LogP contribution in [0.4, 0.5) is 9.52 Å². The number of amides is 1. The predicted octanol–water partition coefficient (Wildman–Crippen LogP) is 4.90. The van der Waals surface area contributed by atoms with E-state index in [4.69, 9.17) is 16.1 Å². The van der Waals surface area contributed by atoms with Crippen LogP contribution in [-0.4, -0.2) is 20.4 Å². The molecule has 2 aromatic heterocycles. The normalized spacial score (nSPS) is 10.7. The van der Waals surface area contributed by atoms with Gasteiger partial charge in [0.25, 0.3) is 5.91 Å². The van der Waals surface area contributed by atoms with E-state index in [9.17, 15) is 9.18 Å².